The van der Waals surface area contributed by atoms with Crippen molar-refractivity contribution in [3.05, 3.63) is 0 Å². The molecular weight excluding hydrogens is 168 g/mol. The van der Waals surface area contributed by atoms with Gasteiger partial charge >= 0.3 is 5.97 Å². The fraction of sp³-hybridized carbons (Fsp3) is 0.900. The second-order valence-electron chi connectivity index (χ2n) is 3.96. The maximum atomic E-state index is 11.1. The third-order valence-corrected chi connectivity index (χ3v) is 2.44. The predicted molar refractivity (Wildman–Crippen MR) is 49.4 cm³/mol. The second kappa shape index (κ2) is 4.09. The third-order valence-electron chi connectivity index (χ3n) is 2.44. The van der Waals surface area contributed by atoms with Crippen molar-refractivity contribution in [3.8, 4) is 0 Å². The van der Waals surface area contributed by atoms with Crippen molar-refractivity contribution in [2.75, 3.05) is 7.11 Å². The molecule has 0 unspecified atom stereocenters. The van der Waals surface area contributed by atoms with Crippen molar-refractivity contribution in [3.63, 3.8) is 0 Å². The molecule has 13 heavy (non-hydrogen) atoms. The van der Waals surface area contributed by atoms with Crippen molar-refractivity contribution in [2.45, 2.75) is 51.2 Å². The standard InChI is InChI=1S/C10H18O3/c1-8(2)13-10(5-4-6-10)7-9(11)12-3/h8H,4-7H2,1-3H3. The number of methoxy groups -OCH3 is 1. The highest BCUT2D eigenvalue weighted by Gasteiger charge is 2.41. The molecule has 3 heteroatoms. The van der Waals surface area contributed by atoms with Gasteiger partial charge in [-0.1, -0.05) is 0 Å². The van der Waals surface area contributed by atoms with Gasteiger partial charge in [-0.05, 0) is 33.1 Å². The maximum Gasteiger partial charge on any atom is 0.308 e. The molecule has 1 saturated carbocycles. The molecule has 0 aromatic rings. The molecule has 1 fully saturated rings. The summed E-state index contributed by atoms with van der Waals surface area (Å²) in [5.41, 5.74) is -0.207. The molecule has 0 bridgehead atoms. The minimum absolute atomic E-state index is 0.166. The van der Waals surface area contributed by atoms with E-state index in [2.05, 4.69) is 4.74 Å². The van der Waals surface area contributed by atoms with E-state index in [9.17, 15) is 4.79 Å². The minimum atomic E-state index is -0.207. The Morgan fingerprint density at radius 1 is 1.46 bits per heavy atom. The Bertz CT molecular complexity index is 183. The molecule has 0 amide bonds. The first-order valence-corrected chi connectivity index (χ1v) is 4.83. The zero-order valence-corrected chi connectivity index (χ0v) is 8.63. The summed E-state index contributed by atoms with van der Waals surface area (Å²) in [5.74, 6) is -0.166. The molecule has 1 rings (SSSR count). The van der Waals surface area contributed by atoms with Crippen LogP contribution >= 0.6 is 0 Å². The number of hydrogen-bond donors (Lipinski definition) is 0. The molecule has 0 atom stereocenters. The SMILES string of the molecule is COC(=O)CC1(OC(C)C)CCC1. The lowest BCUT2D eigenvalue weighted by atomic mass is 9.77. The fourth-order valence-corrected chi connectivity index (χ4v) is 1.74. The van der Waals surface area contributed by atoms with E-state index in [4.69, 9.17) is 4.74 Å². The molecule has 0 saturated heterocycles. The number of esters is 1. The number of hydrogen-bond acceptors (Lipinski definition) is 3. The second-order valence-corrected chi connectivity index (χ2v) is 3.96. The fourth-order valence-electron chi connectivity index (χ4n) is 1.74. The predicted octanol–water partition coefficient (Wildman–Crippen LogP) is 1.90. The monoisotopic (exact) mass is 186 g/mol. The van der Waals surface area contributed by atoms with Crippen LogP contribution in [0.15, 0.2) is 0 Å². The van der Waals surface area contributed by atoms with Crippen LogP contribution in [-0.2, 0) is 14.3 Å². The molecule has 0 N–H and O–H groups in total. The van der Waals surface area contributed by atoms with Crippen molar-refractivity contribution in [1.29, 1.82) is 0 Å². The summed E-state index contributed by atoms with van der Waals surface area (Å²) in [6.07, 6.45) is 3.72. The first-order valence-electron chi connectivity index (χ1n) is 4.83. The van der Waals surface area contributed by atoms with Crippen LogP contribution in [0.3, 0.4) is 0 Å². The van der Waals surface area contributed by atoms with Crippen LogP contribution < -0.4 is 0 Å². The van der Waals surface area contributed by atoms with Gasteiger partial charge in [-0.3, -0.25) is 4.79 Å². The summed E-state index contributed by atoms with van der Waals surface area (Å²) in [6.45, 7) is 3.99. The Hall–Kier alpha value is -0.570. The van der Waals surface area contributed by atoms with Gasteiger partial charge in [-0.15, -0.1) is 0 Å². The average Bonchev–Trinajstić information content (AvgIpc) is 1.99. The van der Waals surface area contributed by atoms with Crippen LogP contribution in [0.5, 0.6) is 0 Å². The van der Waals surface area contributed by atoms with Crippen LogP contribution in [0.1, 0.15) is 39.5 Å². The Morgan fingerprint density at radius 3 is 2.38 bits per heavy atom. The van der Waals surface area contributed by atoms with Gasteiger partial charge < -0.3 is 9.47 Å². The van der Waals surface area contributed by atoms with E-state index < -0.39 is 0 Å². The van der Waals surface area contributed by atoms with Crippen LogP contribution in [0.25, 0.3) is 0 Å². The highest BCUT2D eigenvalue weighted by atomic mass is 16.5. The molecule has 0 radical (unpaired) electrons. The zero-order chi connectivity index (χ0) is 9.90. The number of carbonyl (C=O) groups is 1. The summed E-state index contributed by atoms with van der Waals surface area (Å²) in [7, 11) is 1.42. The lowest BCUT2D eigenvalue weighted by Gasteiger charge is -2.42. The molecule has 1 aliphatic rings. The van der Waals surface area contributed by atoms with Crippen molar-refractivity contribution in [1.82, 2.24) is 0 Å². The quantitative estimate of drug-likeness (QED) is 0.629. The normalized spacial score (nSPS) is 19.7. The maximum absolute atomic E-state index is 11.1. The van der Waals surface area contributed by atoms with Gasteiger partial charge in [0.05, 0.1) is 25.2 Å². The molecule has 0 aliphatic heterocycles. The lowest BCUT2D eigenvalue weighted by molar-refractivity contribution is -0.164. The van der Waals surface area contributed by atoms with E-state index >= 15 is 0 Å². The Labute approximate surface area is 79.4 Å². The first kappa shape index (κ1) is 10.5. The molecule has 0 spiro atoms. The van der Waals surface area contributed by atoms with E-state index in [-0.39, 0.29) is 17.7 Å². The van der Waals surface area contributed by atoms with Gasteiger partial charge in [0.1, 0.15) is 0 Å². The van der Waals surface area contributed by atoms with Gasteiger partial charge in [0, 0.05) is 0 Å². The van der Waals surface area contributed by atoms with Gasteiger partial charge in [-0.2, -0.15) is 0 Å². The molecule has 3 nitrogen and oxygen atoms in total. The Morgan fingerprint density at radius 2 is 2.08 bits per heavy atom. The Kier molecular flexibility index (Phi) is 3.31. The smallest absolute Gasteiger partial charge is 0.308 e. The third kappa shape index (κ3) is 2.69. The van der Waals surface area contributed by atoms with Crippen LogP contribution in [0.2, 0.25) is 0 Å². The number of rotatable bonds is 4. The van der Waals surface area contributed by atoms with E-state index in [1.165, 1.54) is 7.11 Å². The van der Waals surface area contributed by atoms with Gasteiger partial charge in [-0.25, -0.2) is 0 Å². The summed E-state index contributed by atoms with van der Waals surface area (Å²) in [6, 6.07) is 0. The van der Waals surface area contributed by atoms with Crippen molar-refractivity contribution < 1.29 is 14.3 Å². The summed E-state index contributed by atoms with van der Waals surface area (Å²) in [5, 5.41) is 0. The highest BCUT2D eigenvalue weighted by Crippen LogP contribution is 2.39. The number of ether oxygens (including phenoxy) is 2. The van der Waals surface area contributed by atoms with Gasteiger partial charge in [0.2, 0.25) is 0 Å². The molecule has 1 aliphatic carbocycles. The minimum Gasteiger partial charge on any atom is -0.469 e. The van der Waals surface area contributed by atoms with E-state index in [0.29, 0.717) is 6.42 Å². The van der Waals surface area contributed by atoms with Gasteiger partial charge in [0.25, 0.3) is 0 Å². The highest BCUT2D eigenvalue weighted by molar-refractivity contribution is 5.70. The molecule has 0 heterocycles. The average molecular weight is 186 g/mol. The number of carbonyl (C=O) groups excluding carboxylic acids is 1. The molecule has 0 aromatic heterocycles. The van der Waals surface area contributed by atoms with Crippen molar-refractivity contribution >= 4 is 5.97 Å². The zero-order valence-electron chi connectivity index (χ0n) is 8.63. The van der Waals surface area contributed by atoms with Crippen LogP contribution in [-0.4, -0.2) is 24.8 Å². The summed E-state index contributed by atoms with van der Waals surface area (Å²) < 4.78 is 10.4. The Balaban J connectivity index is 2.44. The largest absolute Gasteiger partial charge is 0.469 e. The summed E-state index contributed by atoms with van der Waals surface area (Å²) >= 11 is 0. The first-order chi connectivity index (χ1) is 6.08. The van der Waals surface area contributed by atoms with E-state index in [1.807, 2.05) is 13.8 Å². The van der Waals surface area contributed by atoms with E-state index in [0.717, 1.165) is 19.3 Å². The molecular formula is C10H18O3. The molecule has 0 aromatic carbocycles. The van der Waals surface area contributed by atoms with Crippen molar-refractivity contribution in [2.24, 2.45) is 0 Å². The molecule has 76 valence electrons. The van der Waals surface area contributed by atoms with Crippen LogP contribution in [0.4, 0.5) is 0 Å². The van der Waals surface area contributed by atoms with Gasteiger partial charge in [0.15, 0.2) is 0 Å². The lowest BCUT2D eigenvalue weighted by Crippen LogP contribution is -2.44. The van der Waals surface area contributed by atoms with E-state index in [1.54, 1.807) is 0 Å². The van der Waals surface area contributed by atoms with Crippen LogP contribution in [0, 0.1) is 0 Å². The summed E-state index contributed by atoms with van der Waals surface area (Å²) in [4.78, 5) is 11.1. The topological polar surface area (TPSA) is 35.5 Å².